The summed E-state index contributed by atoms with van der Waals surface area (Å²) in [6.45, 7) is 5.63. The van der Waals surface area contributed by atoms with Crippen LogP contribution in [0.1, 0.15) is 63.9 Å². The number of carboxylic acids is 1. The average Bonchev–Trinajstić information content (AvgIpc) is 3.26. The van der Waals surface area contributed by atoms with Crippen LogP contribution in [0.3, 0.4) is 0 Å². The lowest BCUT2D eigenvalue weighted by Crippen LogP contribution is -2.16. The van der Waals surface area contributed by atoms with Crippen LogP contribution in [-0.4, -0.2) is 39.3 Å². The van der Waals surface area contributed by atoms with Gasteiger partial charge in [0.25, 0.3) is 5.91 Å². The maximum Gasteiger partial charge on any atom is 0.341 e. The number of carboxylic acid groups (broad SMARTS) is 1. The fraction of sp³-hybridized carbons (Fsp3) is 0.435. The molecule has 1 amide bonds. The highest BCUT2D eigenvalue weighted by Crippen LogP contribution is 2.38. The van der Waals surface area contributed by atoms with Gasteiger partial charge >= 0.3 is 11.9 Å². The molecule has 2 aromatic rings. The molecule has 0 saturated heterocycles. The quantitative estimate of drug-likeness (QED) is 0.342. The van der Waals surface area contributed by atoms with Crippen LogP contribution in [0.5, 0.6) is 0 Å². The van der Waals surface area contributed by atoms with E-state index in [0.717, 1.165) is 36.1 Å². The van der Waals surface area contributed by atoms with Gasteiger partial charge in [0.15, 0.2) is 0 Å². The van der Waals surface area contributed by atoms with Crippen molar-refractivity contribution in [1.29, 1.82) is 5.26 Å². The van der Waals surface area contributed by atoms with Crippen molar-refractivity contribution in [3.05, 3.63) is 38.5 Å². The Morgan fingerprint density at radius 2 is 2.03 bits per heavy atom. The molecule has 2 aromatic heterocycles. The number of thiophene rings is 1. The molecule has 0 radical (unpaired) electrons. The Balaban J connectivity index is 1.91. The fourth-order valence-corrected chi connectivity index (χ4v) is 5.15. The van der Waals surface area contributed by atoms with E-state index < -0.39 is 17.8 Å². The Morgan fingerprint density at radius 3 is 2.70 bits per heavy atom. The summed E-state index contributed by atoms with van der Waals surface area (Å²) in [5.41, 5.74) is 3.00. The molecule has 0 fully saturated rings. The maximum absolute atomic E-state index is 13.0. The van der Waals surface area contributed by atoms with Gasteiger partial charge in [-0.25, -0.2) is 4.79 Å². The van der Waals surface area contributed by atoms with E-state index in [1.807, 2.05) is 6.07 Å². The summed E-state index contributed by atoms with van der Waals surface area (Å²) in [4.78, 5) is 37.5. The van der Waals surface area contributed by atoms with Gasteiger partial charge in [-0.1, -0.05) is 0 Å². The minimum absolute atomic E-state index is 0.0869. The van der Waals surface area contributed by atoms with Crippen LogP contribution in [0.15, 0.2) is 5.57 Å². The van der Waals surface area contributed by atoms with Crippen molar-refractivity contribution in [3.8, 4) is 6.07 Å². The third-order valence-electron chi connectivity index (χ3n) is 5.51. The third-order valence-corrected chi connectivity index (χ3v) is 6.71. The van der Waals surface area contributed by atoms with E-state index in [1.54, 1.807) is 25.5 Å². The first-order valence-corrected chi connectivity index (χ1v) is 11.6. The Bertz CT molecular complexity index is 1170. The lowest BCUT2D eigenvalue weighted by atomic mass is 9.95. The molecule has 33 heavy (non-hydrogen) atoms. The number of anilines is 1. The Labute approximate surface area is 195 Å². The molecule has 0 saturated carbocycles. The summed E-state index contributed by atoms with van der Waals surface area (Å²) in [7, 11) is 0. The molecule has 1 aliphatic carbocycles. The number of aromatic nitrogens is 2. The van der Waals surface area contributed by atoms with E-state index in [-0.39, 0.29) is 25.1 Å². The van der Waals surface area contributed by atoms with Crippen molar-refractivity contribution in [2.45, 2.75) is 59.4 Å². The molecular formula is C23H26N4O5S. The Hall–Kier alpha value is -3.45. The standard InChI is InChI=1S/C23H26N4O5S/c1-4-32-23(31)20-16-7-5-6-8-18(16)33-22(20)25-21(30)15(12-24)11-17-13(2)26-27(14(17)3)10-9-19(28)29/h11H,4-10H2,1-3H3,(H,25,30)(H,28,29). The number of amides is 1. The van der Waals surface area contributed by atoms with E-state index in [1.165, 1.54) is 17.4 Å². The van der Waals surface area contributed by atoms with Crippen molar-refractivity contribution in [2.24, 2.45) is 0 Å². The molecule has 0 atom stereocenters. The highest BCUT2D eigenvalue weighted by atomic mass is 32.1. The van der Waals surface area contributed by atoms with Gasteiger partial charge in [-0.05, 0) is 58.1 Å². The summed E-state index contributed by atoms with van der Waals surface area (Å²) >= 11 is 1.36. The summed E-state index contributed by atoms with van der Waals surface area (Å²) in [6, 6.07) is 1.93. The molecule has 9 nitrogen and oxygen atoms in total. The number of aryl methyl sites for hydroxylation is 3. The number of nitriles is 1. The highest BCUT2D eigenvalue weighted by molar-refractivity contribution is 7.17. The lowest BCUT2D eigenvalue weighted by Gasteiger charge is -2.12. The molecule has 3 rings (SSSR count). The SMILES string of the molecule is CCOC(=O)c1c(NC(=O)C(C#N)=Cc2c(C)nn(CCC(=O)O)c2C)sc2c1CCCC2. The topological polar surface area (TPSA) is 134 Å². The molecule has 0 aliphatic heterocycles. The minimum atomic E-state index is -0.937. The predicted octanol–water partition coefficient (Wildman–Crippen LogP) is 3.64. The number of rotatable bonds is 8. The van der Waals surface area contributed by atoms with Crippen LogP contribution in [0.4, 0.5) is 5.00 Å². The van der Waals surface area contributed by atoms with Crippen LogP contribution in [-0.2, 0) is 33.7 Å². The highest BCUT2D eigenvalue weighted by Gasteiger charge is 2.28. The van der Waals surface area contributed by atoms with Crippen LogP contribution < -0.4 is 5.32 Å². The zero-order chi connectivity index (χ0) is 24.1. The van der Waals surface area contributed by atoms with E-state index in [4.69, 9.17) is 9.84 Å². The second-order valence-electron chi connectivity index (χ2n) is 7.71. The van der Waals surface area contributed by atoms with Gasteiger partial charge in [0.1, 0.15) is 16.6 Å². The predicted molar refractivity (Wildman–Crippen MR) is 123 cm³/mol. The molecule has 0 spiro atoms. The van der Waals surface area contributed by atoms with Crippen molar-refractivity contribution >= 4 is 40.3 Å². The van der Waals surface area contributed by atoms with Crippen molar-refractivity contribution in [3.63, 3.8) is 0 Å². The molecule has 10 heteroatoms. The number of carbonyl (C=O) groups excluding carboxylic acids is 2. The zero-order valence-electron chi connectivity index (χ0n) is 18.9. The van der Waals surface area contributed by atoms with E-state index in [0.29, 0.717) is 27.5 Å². The van der Waals surface area contributed by atoms with Gasteiger partial charge in [0.05, 0.1) is 30.8 Å². The molecular weight excluding hydrogens is 444 g/mol. The third kappa shape index (κ3) is 5.31. The number of carbonyl (C=O) groups is 3. The van der Waals surface area contributed by atoms with Gasteiger partial charge in [-0.2, -0.15) is 10.4 Å². The van der Waals surface area contributed by atoms with Gasteiger partial charge < -0.3 is 15.2 Å². The van der Waals surface area contributed by atoms with E-state index >= 15 is 0 Å². The Kier molecular flexibility index (Phi) is 7.66. The summed E-state index contributed by atoms with van der Waals surface area (Å²) in [5.74, 6) is -2.03. The minimum Gasteiger partial charge on any atom is -0.481 e. The number of nitrogens with zero attached hydrogens (tertiary/aromatic N) is 3. The monoisotopic (exact) mass is 470 g/mol. The zero-order valence-corrected chi connectivity index (χ0v) is 19.7. The van der Waals surface area contributed by atoms with Gasteiger partial charge in [0.2, 0.25) is 0 Å². The average molecular weight is 471 g/mol. The Morgan fingerprint density at radius 1 is 1.30 bits per heavy atom. The number of esters is 1. The molecule has 0 aromatic carbocycles. The van der Waals surface area contributed by atoms with Crippen LogP contribution in [0, 0.1) is 25.2 Å². The number of hydrogen-bond donors (Lipinski definition) is 2. The molecule has 0 unspecified atom stereocenters. The number of hydrogen-bond acceptors (Lipinski definition) is 7. The van der Waals surface area contributed by atoms with Crippen molar-refractivity contribution < 1.29 is 24.2 Å². The first kappa shape index (κ1) is 24.2. The van der Waals surface area contributed by atoms with Crippen LogP contribution in [0.2, 0.25) is 0 Å². The number of aliphatic carboxylic acids is 1. The maximum atomic E-state index is 13.0. The smallest absolute Gasteiger partial charge is 0.341 e. The van der Waals surface area contributed by atoms with Crippen molar-refractivity contribution in [2.75, 3.05) is 11.9 Å². The summed E-state index contributed by atoms with van der Waals surface area (Å²) in [6.07, 6.45) is 4.95. The van der Waals surface area contributed by atoms with Gasteiger partial charge in [-0.3, -0.25) is 14.3 Å². The fourth-order valence-electron chi connectivity index (χ4n) is 3.88. The molecule has 0 bridgehead atoms. The number of fused-ring (bicyclic) bond motifs is 1. The lowest BCUT2D eigenvalue weighted by molar-refractivity contribution is -0.137. The second kappa shape index (κ2) is 10.4. The van der Waals surface area contributed by atoms with Crippen molar-refractivity contribution in [1.82, 2.24) is 9.78 Å². The number of nitrogens with one attached hydrogen (secondary N) is 1. The van der Waals surface area contributed by atoms with Gasteiger partial charge in [0, 0.05) is 16.1 Å². The normalized spacial score (nSPS) is 13.2. The first-order valence-electron chi connectivity index (χ1n) is 10.8. The summed E-state index contributed by atoms with van der Waals surface area (Å²) in [5, 5.41) is 26.0. The summed E-state index contributed by atoms with van der Waals surface area (Å²) < 4.78 is 6.77. The largest absolute Gasteiger partial charge is 0.481 e. The first-order chi connectivity index (χ1) is 15.8. The number of ether oxygens (including phenoxy) is 1. The molecule has 1 aliphatic rings. The molecule has 174 valence electrons. The molecule has 2 N–H and O–H groups in total. The van der Waals surface area contributed by atoms with E-state index in [9.17, 15) is 19.6 Å². The second-order valence-corrected chi connectivity index (χ2v) is 8.82. The van der Waals surface area contributed by atoms with E-state index in [2.05, 4.69) is 10.4 Å². The molecule has 2 heterocycles. The van der Waals surface area contributed by atoms with Crippen LogP contribution >= 0.6 is 11.3 Å². The van der Waals surface area contributed by atoms with Gasteiger partial charge in [-0.15, -0.1) is 11.3 Å². The van der Waals surface area contributed by atoms with Crippen LogP contribution in [0.25, 0.3) is 6.08 Å².